The van der Waals surface area contributed by atoms with Crippen LogP contribution in [0.3, 0.4) is 0 Å². The number of ether oxygens (including phenoxy) is 1. The second-order valence-electron chi connectivity index (χ2n) is 8.46. The van der Waals surface area contributed by atoms with Gasteiger partial charge in [-0.05, 0) is 66.7 Å². The number of aromatic nitrogens is 3. The van der Waals surface area contributed by atoms with Crippen molar-refractivity contribution >= 4 is 22.0 Å². The Hall–Kier alpha value is -2.67. The van der Waals surface area contributed by atoms with Crippen LogP contribution in [0.5, 0.6) is 0 Å². The average molecular weight is 469 g/mol. The Morgan fingerprint density at radius 1 is 1.07 bits per heavy atom. The summed E-state index contributed by atoms with van der Waals surface area (Å²) in [4.78, 5) is 26.6. The number of imidazole rings is 1. The van der Waals surface area contributed by atoms with Crippen molar-refractivity contribution in [2.45, 2.75) is 45.3 Å². The number of rotatable bonds is 3. The SMILES string of the molecule is CC(C)(C)OC(=O)N1CCCC1c1ncc(-c2ccc(-c3ccc(Br)nc3)cc2)[nH]1. The molecule has 0 spiro atoms. The van der Waals surface area contributed by atoms with Crippen LogP contribution in [-0.2, 0) is 4.74 Å². The molecule has 0 aliphatic carbocycles. The van der Waals surface area contributed by atoms with Gasteiger partial charge < -0.3 is 9.72 Å². The number of nitrogens with one attached hydrogen (secondary N) is 1. The van der Waals surface area contributed by atoms with E-state index in [9.17, 15) is 4.79 Å². The first-order valence-electron chi connectivity index (χ1n) is 10.1. The van der Waals surface area contributed by atoms with Gasteiger partial charge in [0.25, 0.3) is 0 Å². The molecule has 1 fully saturated rings. The van der Waals surface area contributed by atoms with E-state index in [-0.39, 0.29) is 12.1 Å². The summed E-state index contributed by atoms with van der Waals surface area (Å²) < 4.78 is 6.38. The second kappa shape index (κ2) is 8.22. The minimum Gasteiger partial charge on any atom is -0.444 e. The molecule has 1 saturated heterocycles. The predicted molar refractivity (Wildman–Crippen MR) is 120 cm³/mol. The van der Waals surface area contributed by atoms with Gasteiger partial charge in [-0.1, -0.05) is 30.3 Å². The zero-order chi connectivity index (χ0) is 21.3. The van der Waals surface area contributed by atoms with E-state index in [1.807, 2.05) is 45.3 Å². The summed E-state index contributed by atoms with van der Waals surface area (Å²) >= 11 is 3.36. The number of nitrogens with zero attached hydrogens (tertiary/aromatic N) is 3. The average Bonchev–Trinajstić information content (AvgIpc) is 3.37. The third kappa shape index (κ3) is 4.56. The molecule has 0 saturated carbocycles. The first-order chi connectivity index (χ1) is 14.3. The summed E-state index contributed by atoms with van der Waals surface area (Å²) in [6.45, 7) is 6.34. The number of pyridine rings is 1. The van der Waals surface area contributed by atoms with Crippen LogP contribution in [0.15, 0.2) is 53.4 Å². The smallest absolute Gasteiger partial charge is 0.410 e. The first-order valence-corrected chi connectivity index (χ1v) is 10.9. The first kappa shape index (κ1) is 20.6. The van der Waals surface area contributed by atoms with Gasteiger partial charge in [0.05, 0.1) is 17.9 Å². The molecule has 1 unspecified atom stereocenters. The van der Waals surface area contributed by atoms with Crippen LogP contribution in [0, 0.1) is 0 Å². The summed E-state index contributed by atoms with van der Waals surface area (Å²) in [5.74, 6) is 0.801. The Morgan fingerprint density at radius 3 is 2.43 bits per heavy atom. The highest BCUT2D eigenvalue weighted by Gasteiger charge is 2.34. The zero-order valence-electron chi connectivity index (χ0n) is 17.4. The molecule has 1 aromatic carbocycles. The molecule has 1 N–H and O–H groups in total. The zero-order valence-corrected chi connectivity index (χ0v) is 18.9. The van der Waals surface area contributed by atoms with Gasteiger partial charge in [-0.15, -0.1) is 0 Å². The van der Waals surface area contributed by atoms with Crippen molar-refractivity contribution in [1.29, 1.82) is 0 Å². The number of carbonyl (C=O) groups excluding carboxylic acids is 1. The highest BCUT2D eigenvalue weighted by Crippen LogP contribution is 2.33. The standard InChI is InChI=1S/C23H25BrN4O2/c1-23(2,3)30-22(29)28-12-4-5-19(28)21-26-14-18(27-21)16-8-6-15(7-9-16)17-10-11-20(24)25-13-17/h6-11,13-14,19H,4-5,12H2,1-3H3,(H,26,27). The van der Waals surface area contributed by atoms with Gasteiger partial charge in [0, 0.05) is 18.3 Å². The number of likely N-dealkylation sites (tertiary alicyclic amines) is 1. The molecular weight excluding hydrogens is 444 g/mol. The van der Waals surface area contributed by atoms with Crippen molar-refractivity contribution in [2.75, 3.05) is 6.54 Å². The number of hydrogen-bond donors (Lipinski definition) is 1. The minimum atomic E-state index is -0.509. The van der Waals surface area contributed by atoms with Crippen molar-refractivity contribution in [1.82, 2.24) is 19.9 Å². The van der Waals surface area contributed by atoms with Gasteiger partial charge in [-0.25, -0.2) is 14.8 Å². The van der Waals surface area contributed by atoms with Gasteiger partial charge in [-0.3, -0.25) is 4.90 Å². The van der Waals surface area contributed by atoms with E-state index in [4.69, 9.17) is 4.74 Å². The van der Waals surface area contributed by atoms with Crippen LogP contribution < -0.4 is 0 Å². The van der Waals surface area contributed by atoms with Crippen molar-refractivity contribution in [3.8, 4) is 22.4 Å². The Balaban J connectivity index is 1.51. The fraction of sp³-hybridized carbons (Fsp3) is 0.348. The lowest BCUT2D eigenvalue weighted by molar-refractivity contribution is 0.0219. The maximum Gasteiger partial charge on any atom is 0.410 e. The molecule has 1 aliphatic heterocycles. The van der Waals surface area contributed by atoms with Gasteiger partial charge >= 0.3 is 6.09 Å². The fourth-order valence-electron chi connectivity index (χ4n) is 3.63. The molecule has 4 rings (SSSR count). The summed E-state index contributed by atoms with van der Waals surface area (Å²) in [5, 5.41) is 0. The molecule has 1 amide bonds. The quantitative estimate of drug-likeness (QED) is 0.480. The molecule has 1 aliphatic rings. The Bertz CT molecular complexity index is 1020. The number of H-pyrrole nitrogens is 1. The molecule has 2 aromatic heterocycles. The third-order valence-corrected chi connectivity index (χ3v) is 5.52. The normalized spacial score (nSPS) is 16.7. The summed E-state index contributed by atoms with van der Waals surface area (Å²) in [7, 11) is 0. The molecule has 0 bridgehead atoms. The van der Waals surface area contributed by atoms with E-state index in [0.717, 1.165) is 45.7 Å². The molecule has 3 aromatic rings. The van der Waals surface area contributed by atoms with Crippen molar-refractivity contribution < 1.29 is 9.53 Å². The maximum atomic E-state index is 12.6. The molecule has 6 nitrogen and oxygen atoms in total. The lowest BCUT2D eigenvalue weighted by atomic mass is 10.0. The van der Waals surface area contributed by atoms with Crippen molar-refractivity contribution in [3.05, 3.63) is 59.2 Å². The number of amides is 1. The van der Waals surface area contributed by atoms with Crippen LogP contribution in [-0.4, -0.2) is 38.1 Å². The second-order valence-corrected chi connectivity index (χ2v) is 9.27. The monoisotopic (exact) mass is 468 g/mol. The van der Waals surface area contributed by atoms with Gasteiger partial charge in [0.1, 0.15) is 16.0 Å². The minimum absolute atomic E-state index is 0.0817. The lowest BCUT2D eigenvalue weighted by Crippen LogP contribution is -2.36. The molecule has 156 valence electrons. The Kier molecular flexibility index (Phi) is 5.64. The van der Waals surface area contributed by atoms with E-state index in [0.29, 0.717) is 6.54 Å². The highest BCUT2D eigenvalue weighted by atomic mass is 79.9. The summed E-state index contributed by atoms with van der Waals surface area (Å²) in [5.41, 5.74) is 3.63. The van der Waals surface area contributed by atoms with Crippen LogP contribution >= 0.6 is 15.9 Å². The Labute approximate surface area is 184 Å². The Morgan fingerprint density at radius 2 is 1.77 bits per heavy atom. The molecule has 3 heterocycles. The molecule has 30 heavy (non-hydrogen) atoms. The van der Waals surface area contributed by atoms with Gasteiger partial charge in [-0.2, -0.15) is 0 Å². The highest BCUT2D eigenvalue weighted by molar-refractivity contribution is 9.10. The molecular formula is C23H25BrN4O2. The number of halogens is 1. The van der Waals surface area contributed by atoms with E-state index in [2.05, 4.69) is 55.1 Å². The van der Waals surface area contributed by atoms with Crippen LogP contribution in [0.2, 0.25) is 0 Å². The van der Waals surface area contributed by atoms with Crippen LogP contribution in [0.4, 0.5) is 4.79 Å². The van der Waals surface area contributed by atoms with Crippen molar-refractivity contribution in [2.24, 2.45) is 0 Å². The number of hydrogen-bond acceptors (Lipinski definition) is 4. The number of aromatic amines is 1. The maximum absolute atomic E-state index is 12.6. The molecule has 7 heteroatoms. The summed E-state index contributed by atoms with van der Waals surface area (Å²) in [6, 6.07) is 12.2. The third-order valence-electron chi connectivity index (χ3n) is 5.05. The molecule has 1 atom stereocenters. The molecule has 0 radical (unpaired) electrons. The van der Waals surface area contributed by atoms with E-state index in [1.165, 1.54) is 0 Å². The van der Waals surface area contributed by atoms with E-state index >= 15 is 0 Å². The van der Waals surface area contributed by atoms with Crippen LogP contribution in [0.25, 0.3) is 22.4 Å². The van der Waals surface area contributed by atoms with Gasteiger partial charge in [0.2, 0.25) is 0 Å². The topological polar surface area (TPSA) is 71.1 Å². The van der Waals surface area contributed by atoms with E-state index in [1.54, 1.807) is 4.90 Å². The predicted octanol–water partition coefficient (Wildman–Crippen LogP) is 5.97. The number of benzene rings is 1. The van der Waals surface area contributed by atoms with Crippen molar-refractivity contribution in [3.63, 3.8) is 0 Å². The van der Waals surface area contributed by atoms with Gasteiger partial charge in [0.15, 0.2) is 0 Å². The fourth-order valence-corrected chi connectivity index (χ4v) is 3.87. The summed E-state index contributed by atoms with van der Waals surface area (Å²) in [6.07, 6.45) is 5.21. The number of carbonyl (C=O) groups is 1. The largest absolute Gasteiger partial charge is 0.444 e. The lowest BCUT2D eigenvalue weighted by Gasteiger charge is -2.27. The van der Waals surface area contributed by atoms with E-state index < -0.39 is 5.60 Å². The van der Waals surface area contributed by atoms with Crippen LogP contribution in [0.1, 0.15) is 45.5 Å².